The molecule has 274 valence electrons. The molecule has 0 heterocycles. The quantitative estimate of drug-likeness (QED) is 0.0388. The molecule has 7 nitrogen and oxygen atoms in total. The first-order chi connectivity index (χ1) is 22.9. The van der Waals surface area contributed by atoms with Gasteiger partial charge in [0, 0.05) is 38.2 Å². The van der Waals surface area contributed by atoms with Gasteiger partial charge in [0.2, 0.25) is 0 Å². The molecule has 0 aliphatic heterocycles. The number of unbranched alkanes of at least 4 members (excludes halogenated alkanes) is 16. The number of rotatable bonds is 33. The minimum atomic E-state index is -0.149. The number of thioether (sulfide) groups is 1. The number of esters is 2. The van der Waals surface area contributed by atoms with Crippen molar-refractivity contribution in [2.75, 3.05) is 52.7 Å². The number of carbonyl (C=O) groups is 3. The van der Waals surface area contributed by atoms with Crippen molar-refractivity contribution >= 4 is 28.9 Å². The molecule has 0 atom stereocenters. The number of nitrogens with zero attached hydrogens (tertiary/aromatic N) is 2. The van der Waals surface area contributed by atoms with Gasteiger partial charge in [0.05, 0.1) is 0 Å². The first-order valence-corrected chi connectivity index (χ1v) is 20.1. The molecule has 0 saturated carbocycles. The van der Waals surface area contributed by atoms with E-state index in [2.05, 4.69) is 30.9 Å². The van der Waals surface area contributed by atoms with Crippen molar-refractivity contribution in [2.45, 2.75) is 155 Å². The molecule has 0 radical (unpaired) electrons. The number of ether oxygens (including phenoxy) is 2. The minimum absolute atomic E-state index is 0.117. The molecule has 0 saturated heterocycles. The molecule has 0 aliphatic carbocycles. The van der Waals surface area contributed by atoms with Crippen LogP contribution in [0.15, 0.2) is 24.3 Å². The third-order valence-corrected chi connectivity index (χ3v) is 9.00. The van der Waals surface area contributed by atoms with Gasteiger partial charge in [0.1, 0.15) is 13.2 Å². The monoisotopic (exact) mass is 681 g/mol. The maximum Gasteiger partial charge on any atom is 0.306 e. The third-order valence-electron chi connectivity index (χ3n) is 8.10. The highest BCUT2D eigenvalue weighted by Crippen LogP contribution is 2.14. The summed E-state index contributed by atoms with van der Waals surface area (Å²) in [4.78, 5) is 41.1. The van der Waals surface area contributed by atoms with Crippen LogP contribution in [0.5, 0.6) is 0 Å². The number of hydrogen-bond donors (Lipinski definition) is 0. The van der Waals surface area contributed by atoms with Crippen LogP contribution in [0, 0.1) is 0 Å². The summed E-state index contributed by atoms with van der Waals surface area (Å²) in [5.41, 5.74) is 0. The molecule has 0 bridgehead atoms. The highest BCUT2D eigenvalue weighted by atomic mass is 32.2. The second-order valence-corrected chi connectivity index (χ2v) is 14.0. The van der Waals surface area contributed by atoms with Crippen LogP contribution in [-0.4, -0.2) is 79.7 Å². The fourth-order valence-corrected chi connectivity index (χ4v) is 6.08. The van der Waals surface area contributed by atoms with Gasteiger partial charge in [-0.2, -0.15) is 0 Å². The van der Waals surface area contributed by atoms with Crippen LogP contribution in [0.3, 0.4) is 0 Å². The Morgan fingerprint density at radius 1 is 0.532 bits per heavy atom. The van der Waals surface area contributed by atoms with Crippen LogP contribution in [0.25, 0.3) is 0 Å². The zero-order valence-electron chi connectivity index (χ0n) is 31.0. The summed E-state index contributed by atoms with van der Waals surface area (Å²) in [6, 6.07) is 0. The van der Waals surface area contributed by atoms with Crippen molar-refractivity contribution in [3.63, 3.8) is 0 Å². The first-order valence-electron chi connectivity index (χ1n) is 19.1. The minimum Gasteiger partial charge on any atom is -0.461 e. The topological polar surface area (TPSA) is 76.1 Å². The van der Waals surface area contributed by atoms with Crippen LogP contribution < -0.4 is 0 Å². The van der Waals surface area contributed by atoms with E-state index >= 15 is 0 Å². The largest absolute Gasteiger partial charge is 0.461 e. The fraction of sp³-hybridized carbons (Fsp3) is 0.821. The van der Waals surface area contributed by atoms with E-state index in [0.717, 1.165) is 63.7 Å². The summed E-state index contributed by atoms with van der Waals surface area (Å²) in [7, 11) is 4.02. The number of amides is 1. The maximum absolute atomic E-state index is 12.9. The van der Waals surface area contributed by atoms with Crippen molar-refractivity contribution < 1.29 is 23.9 Å². The van der Waals surface area contributed by atoms with Gasteiger partial charge < -0.3 is 19.3 Å². The SMILES string of the molecule is CCCCCCCC/C=C\COC(=O)CCCCCN(CCCCCC(=O)OC/C=C\CCCCCCCC)C(=O)SCCN(C)C. The molecule has 0 fully saturated rings. The summed E-state index contributed by atoms with van der Waals surface area (Å²) in [6.07, 6.45) is 31.6. The highest BCUT2D eigenvalue weighted by Gasteiger charge is 2.14. The summed E-state index contributed by atoms with van der Waals surface area (Å²) in [6.45, 7) is 7.43. The van der Waals surface area contributed by atoms with E-state index in [1.807, 2.05) is 31.1 Å². The molecule has 1 amide bonds. The Bertz CT molecular complexity index is 750. The van der Waals surface area contributed by atoms with Gasteiger partial charge in [-0.1, -0.05) is 127 Å². The summed E-state index contributed by atoms with van der Waals surface area (Å²) < 4.78 is 10.7. The van der Waals surface area contributed by atoms with E-state index in [1.165, 1.54) is 88.8 Å². The molecule has 0 aromatic heterocycles. The fourth-order valence-electron chi connectivity index (χ4n) is 5.08. The lowest BCUT2D eigenvalue weighted by Crippen LogP contribution is -2.31. The van der Waals surface area contributed by atoms with Gasteiger partial charge in [-0.05, 0) is 65.5 Å². The molecule has 0 aliphatic rings. The van der Waals surface area contributed by atoms with Crippen molar-refractivity contribution in [1.82, 2.24) is 9.80 Å². The molecule has 0 unspecified atom stereocenters. The van der Waals surface area contributed by atoms with Gasteiger partial charge in [0.15, 0.2) is 0 Å². The average molecular weight is 681 g/mol. The second kappa shape index (κ2) is 35.5. The molecule has 0 aromatic carbocycles. The zero-order valence-corrected chi connectivity index (χ0v) is 31.8. The van der Waals surface area contributed by atoms with Crippen molar-refractivity contribution in [2.24, 2.45) is 0 Å². The zero-order chi connectivity index (χ0) is 34.6. The molecule has 0 rings (SSSR count). The summed E-state index contributed by atoms with van der Waals surface area (Å²) >= 11 is 1.37. The van der Waals surface area contributed by atoms with Crippen molar-refractivity contribution in [1.29, 1.82) is 0 Å². The predicted molar refractivity (Wildman–Crippen MR) is 201 cm³/mol. The third kappa shape index (κ3) is 33.9. The van der Waals surface area contributed by atoms with E-state index < -0.39 is 0 Å². The van der Waals surface area contributed by atoms with Gasteiger partial charge in [-0.15, -0.1) is 0 Å². The van der Waals surface area contributed by atoms with E-state index in [0.29, 0.717) is 39.1 Å². The smallest absolute Gasteiger partial charge is 0.306 e. The Kier molecular flexibility index (Phi) is 34.1. The molecule has 8 heteroatoms. The van der Waals surface area contributed by atoms with Gasteiger partial charge >= 0.3 is 11.9 Å². The van der Waals surface area contributed by atoms with E-state index in [-0.39, 0.29) is 17.2 Å². The molecular formula is C39H72N2O5S. The van der Waals surface area contributed by atoms with Gasteiger partial charge in [-0.3, -0.25) is 14.4 Å². The second-order valence-electron chi connectivity index (χ2n) is 12.9. The number of carbonyl (C=O) groups excluding carboxylic acids is 3. The van der Waals surface area contributed by atoms with E-state index in [1.54, 1.807) is 0 Å². The molecule has 0 N–H and O–H groups in total. The molecule has 0 spiro atoms. The standard InChI is InChI=1S/C39H72N2O5S/c1-5-7-9-11-13-15-17-19-27-34-45-37(42)29-23-21-25-31-41(39(44)47-36-33-40(3)4)32-26-22-24-30-38(43)46-35-28-20-18-16-14-12-10-8-6-2/h19-20,27-28H,5-18,21-26,29-36H2,1-4H3/b27-19-,28-20-. The Hall–Kier alpha value is -1.80. The maximum atomic E-state index is 12.9. The average Bonchev–Trinajstić information content (AvgIpc) is 3.05. The first kappa shape index (κ1) is 45.2. The van der Waals surface area contributed by atoms with Gasteiger partial charge in [-0.25, -0.2) is 0 Å². The van der Waals surface area contributed by atoms with Crippen molar-refractivity contribution in [3.8, 4) is 0 Å². The van der Waals surface area contributed by atoms with Crippen LogP contribution in [0.4, 0.5) is 4.79 Å². The number of hydrogen-bond acceptors (Lipinski definition) is 7. The predicted octanol–water partition coefficient (Wildman–Crippen LogP) is 10.5. The molecule has 47 heavy (non-hydrogen) atoms. The lowest BCUT2D eigenvalue weighted by molar-refractivity contribution is -0.143. The molecule has 0 aromatic rings. The Morgan fingerprint density at radius 3 is 1.40 bits per heavy atom. The van der Waals surface area contributed by atoms with Crippen LogP contribution in [0.1, 0.15) is 155 Å². The van der Waals surface area contributed by atoms with Crippen LogP contribution >= 0.6 is 11.8 Å². The lowest BCUT2D eigenvalue weighted by Gasteiger charge is -2.22. The van der Waals surface area contributed by atoms with Crippen LogP contribution in [0.2, 0.25) is 0 Å². The Balaban J connectivity index is 4.13. The Labute approximate surface area is 294 Å². The van der Waals surface area contributed by atoms with Crippen LogP contribution in [-0.2, 0) is 19.1 Å². The summed E-state index contributed by atoms with van der Waals surface area (Å²) in [5, 5.41) is 0.117. The summed E-state index contributed by atoms with van der Waals surface area (Å²) in [5.74, 6) is 0.467. The van der Waals surface area contributed by atoms with Gasteiger partial charge in [0.25, 0.3) is 5.24 Å². The van der Waals surface area contributed by atoms with E-state index in [4.69, 9.17) is 9.47 Å². The highest BCUT2D eigenvalue weighted by molar-refractivity contribution is 8.13. The number of allylic oxidation sites excluding steroid dienone is 2. The van der Waals surface area contributed by atoms with Crippen molar-refractivity contribution in [3.05, 3.63) is 24.3 Å². The lowest BCUT2D eigenvalue weighted by atomic mass is 10.1. The molecular weight excluding hydrogens is 609 g/mol. The van der Waals surface area contributed by atoms with E-state index in [9.17, 15) is 14.4 Å². The Morgan fingerprint density at radius 2 is 0.957 bits per heavy atom. The normalized spacial score (nSPS) is 11.6.